The SMILES string of the molecule is CCS(=O)(=O)N[C@H]1CC[C@H](CO)OC1. The van der Waals surface area contributed by atoms with Crippen molar-refractivity contribution in [1.29, 1.82) is 0 Å². The van der Waals surface area contributed by atoms with E-state index in [0.717, 1.165) is 6.42 Å². The molecular weight excluding hydrogens is 206 g/mol. The Morgan fingerprint density at radius 1 is 1.50 bits per heavy atom. The highest BCUT2D eigenvalue weighted by molar-refractivity contribution is 7.89. The van der Waals surface area contributed by atoms with E-state index in [0.29, 0.717) is 13.0 Å². The molecule has 0 aromatic rings. The summed E-state index contributed by atoms with van der Waals surface area (Å²) >= 11 is 0. The van der Waals surface area contributed by atoms with Gasteiger partial charge in [-0.2, -0.15) is 0 Å². The zero-order valence-electron chi connectivity index (χ0n) is 8.27. The average Bonchev–Trinajstić information content (AvgIpc) is 2.19. The van der Waals surface area contributed by atoms with Crippen molar-refractivity contribution in [3.63, 3.8) is 0 Å². The van der Waals surface area contributed by atoms with Crippen molar-refractivity contribution in [1.82, 2.24) is 4.72 Å². The Bertz CT molecular complexity index is 257. The van der Waals surface area contributed by atoms with Gasteiger partial charge in [-0.05, 0) is 19.8 Å². The van der Waals surface area contributed by atoms with E-state index in [1.165, 1.54) is 0 Å². The molecule has 1 heterocycles. The molecule has 1 rings (SSSR count). The maximum Gasteiger partial charge on any atom is 0.211 e. The summed E-state index contributed by atoms with van der Waals surface area (Å²) in [4.78, 5) is 0. The van der Waals surface area contributed by atoms with Crippen LogP contribution in [0.15, 0.2) is 0 Å². The molecule has 1 aliphatic rings. The van der Waals surface area contributed by atoms with Crippen LogP contribution in [-0.4, -0.2) is 44.6 Å². The molecule has 0 spiro atoms. The predicted octanol–water partition coefficient (Wildman–Crippen LogP) is -0.534. The van der Waals surface area contributed by atoms with Crippen molar-refractivity contribution in [2.24, 2.45) is 0 Å². The van der Waals surface area contributed by atoms with Gasteiger partial charge in [0.05, 0.1) is 25.1 Å². The summed E-state index contributed by atoms with van der Waals surface area (Å²) in [5.74, 6) is 0.0902. The molecule has 6 heteroatoms. The Balaban J connectivity index is 2.36. The maximum atomic E-state index is 11.2. The molecule has 5 nitrogen and oxygen atoms in total. The predicted molar refractivity (Wildman–Crippen MR) is 52.4 cm³/mol. The number of sulfonamides is 1. The largest absolute Gasteiger partial charge is 0.394 e. The molecule has 0 radical (unpaired) electrons. The highest BCUT2D eigenvalue weighted by atomic mass is 32.2. The molecule has 0 unspecified atom stereocenters. The minimum Gasteiger partial charge on any atom is -0.394 e. The number of aliphatic hydroxyl groups excluding tert-OH is 1. The summed E-state index contributed by atoms with van der Waals surface area (Å²) in [5.41, 5.74) is 0. The molecule has 0 aromatic heterocycles. The first-order chi connectivity index (χ1) is 6.57. The molecule has 1 saturated heterocycles. The van der Waals surface area contributed by atoms with Gasteiger partial charge in [0.2, 0.25) is 10.0 Å². The van der Waals surface area contributed by atoms with Gasteiger partial charge in [-0.25, -0.2) is 13.1 Å². The number of nitrogens with one attached hydrogen (secondary N) is 1. The number of aliphatic hydroxyl groups is 1. The van der Waals surface area contributed by atoms with E-state index in [-0.39, 0.29) is 24.5 Å². The Morgan fingerprint density at radius 2 is 2.21 bits per heavy atom. The third-order valence-electron chi connectivity index (χ3n) is 2.30. The molecule has 14 heavy (non-hydrogen) atoms. The van der Waals surface area contributed by atoms with Gasteiger partial charge < -0.3 is 9.84 Å². The Morgan fingerprint density at radius 3 is 2.64 bits per heavy atom. The minimum absolute atomic E-state index is 0.00719. The first-order valence-electron chi connectivity index (χ1n) is 4.80. The summed E-state index contributed by atoms with van der Waals surface area (Å²) in [6, 6.07) is -0.136. The van der Waals surface area contributed by atoms with E-state index < -0.39 is 10.0 Å². The minimum atomic E-state index is -3.14. The van der Waals surface area contributed by atoms with Crippen molar-refractivity contribution in [2.75, 3.05) is 19.0 Å². The van der Waals surface area contributed by atoms with Crippen LogP contribution in [0.25, 0.3) is 0 Å². The fraction of sp³-hybridized carbons (Fsp3) is 1.00. The monoisotopic (exact) mass is 223 g/mol. The molecule has 84 valence electrons. The highest BCUT2D eigenvalue weighted by Crippen LogP contribution is 2.13. The molecule has 2 N–H and O–H groups in total. The smallest absolute Gasteiger partial charge is 0.211 e. The standard InChI is InChI=1S/C8H17NO4S/c1-2-14(11,12)9-7-3-4-8(5-10)13-6-7/h7-10H,2-6H2,1H3/t7-,8+/m0/s1. The molecule has 0 amide bonds. The lowest BCUT2D eigenvalue weighted by Crippen LogP contribution is -2.44. The first-order valence-corrected chi connectivity index (χ1v) is 6.45. The van der Waals surface area contributed by atoms with Gasteiger partial charge in [-0.15, -0.1) is 0 Å². The lowest BCUT2D eigenvalue weighted by Gasteiger charge is -2.28. The molecule has 2 atom stereocenters. The number of rotatable bonds is 4. The van der Waals surface area contributed by atoms with E-state index in [4.69, 9.17) is 9.84 Å². The molecule has 0 aliphatic carbocycles. The van der Waals surface area contributed by atoms with Crippen LogP contribution in [0.2, 0.25) is 0 Å². The fourth-order valence-electron chi connectivity index (χ4n) is 1.38. The van der Waals surface area contributed by atoms with Crippen molar-refractivity contribution >= 4 is 10.0 Å². The third-order valence-corrected chi connectivity index (χ3v) is 3.75. The van der Waals surface area contributed by atoms with E-state index in [1.807, 2.05) is 0 Å². The number of ether oxygens (including phenoxy) is 1. The van der Waals surface area contributed by atoms with Crippen LogP contribution in [-0.2, 0) is 14.8 Å². The molecule has 1 aliphatic heterocycles. The Hall–Kier alpha value is -0.170. The van der Waals surface area contributed by atoms with Crippen LogP contribution in [0.1, 0.15) is 19.8 Å². The highest BCUT2D eigenvalue weighted by Gasteiger charge is 2.23. The molecule has 0 aromatic carbocycles. The van der Waals surface area contributed by atoms with Gasteiger partial charge in [0, 0.05) is 6.04 Å². The Kier molecular flexibility index (Phi) is 4.31. The lowest BCUT2D eigenvalue weighted by atomic mass is 10.1. The van der Waals surface area contributed by atoms with Gasteiger partial charge in [0.15, 0.2) is 0 Å². The fourth-order valence-corrected chi connectivity index (χ4v) is 2.24. The average molecular weight is 223 g/mol. The van der Waals surface area contributed by atoms with Gasteiger partial charge in [0.1, 0.15) is 0 Å². The van der Waals surface area contributed by atoms with Crippen molar-refractivity contribution < 1.29 is 18.3 Å². The van der Waals surface area contributed by atoms with Crippen LogP contribution >= 0.6 is 0 Å². The third kappa shape index (κ3) is 3.53. The second-order valence-corrected chi connectivity index (χ2v) is 5.48. The molecule has 0 bridgehead atoms. The van der Waals surface area contributed by atoms with Crippen LogP contribution in [0.5, 0.6) is 0 Å². The van der Waals surface area contributed by atoms with Gasteiger partial charge >= 0.3 is 0 Å². The van der Waals surface area contributed by atoms with Crippen LogP contribution in [0.4, 0.5) is 0 Å². The zero-order valence-corrected chi connectivity index (χ0v) is 9.09. The van der Waals surface area contributed by atoms with Crippen molar-refractivity contribution in [3.8, 4) is 0 Å². The van der Waals surface area contributed by atoms with Crippen LogP contribution in [0.3, 0.4) is 0 Å². The van der Waals surface area contributed by atoms with E-state index >= 15 is 0 Å². The van der Waals surface area contributed by atoms with E-state index in [1.54, 1.807) is 6.92 Å². The van der Waals surface area contributed by atoms with Crippen LogP contribution in [0, 0.1) is 0 Å². The molecule has 0 saturated carbocycles. The molecule has 1 fully saturated rings. The van der Waals surface area contributed by atoms with Crippen LogP contribution < -0.4 is 4.72 Å². The summed E-state index contributed by atoms with van der Waals surface area (Å²) < 4.78 is 30.2. The maximum absolute atomic E-state index is 11.2. The topological polar surface area (TPSA) is 75.6 Å². The quantitative estimate of drug-likeness (QED) is 0.671. The van der Waals surface area contributed by atoms with E-state index in [9.17, 15) is 8.42 Å². The molecular formula is C8H17NO4S. The lowest BCUT2D eigenvalue weighted by molar-refractivity contribution is -0.0280. The number of hydrogen-bond acceptors (Lipinski definition) is 4. The summed E-state index contributed by atoms with van der Waals surface area (Å²) in [6.07, 6.45) is 1.30. The van der Waals surface area contributed by atoms with Gasteiger partial charge in [0.25, 0.3) is 0 Å². The summed E-state index contributed by atoms with van der Waals surface area (Å²) in [7, 11) is -3.14. The van der Waals surface area contributed by atoms with Gasteiger partial charge in [-0.3, -0.25) is 0 Å². The van der Waals surface area contributed by atoms with Crippen molar-refractivity contribution in [3.05, 3.63) is 0 Å². The normalized spacial score (nSPS) is 29.0. The van der Waals surface area contributed by atoms with E-state index in [2.05, 4.69) is 4.72 Å². The van der Waals surface area contributed by atoms with Gasteiger partial charge in [-0.1, -0.05) is 0 Å². The second kappa shape index (κ2) is 5.06. The summed E-state index contributed by atoms with van der Waals surface area (Å²) in [5, 5.41) is 8.79. The zero-order chi connectivity index (χ0) is 10.6. The summed E-state index contributed by atoms with van der Waals surface area (Å²) in [6.45, 7) is 1.96. The number of hydrogen-bond donors (Lipinski definition) is 2. The van der Waals surface area contributed by atoms with Crippen molar-refractivity contribution in [2.45, 2.75) is 31.9 Å². The second-order valence-electron chi connectivity index (χ2n) is 3.43. The Labute approximate surface area is 84.5 Å². The first kappa shape index (κ1) is 11.9.